The first-order valence-corrected chi connectivity index (χ1v) is 12.7. The minimum atomic E-state index is -0.951. The second-order valence-corrected chi connectivity index (χ2v) is 10.1. The highest BCUT2D eigenvalue weighted by atomic mass is 35.5. The molecule has 0 spiro atoms. The van der Waals surface area contributed by atoms with Crippen molar-refractivity contribution in [3.05, 3.63) is 93.0 Å². The van der Waals surface area contributed by atoms with E-state index < -0.39 is 17.7 Å². The van der Waals surface area contributed by atoms with Gasteiger partial charge in [0.25, 0.3) is 5.78 Å². The number of halogens is 2. The summed E-state index contributed by atoms with van der Waals surface area (Å²) >= 11 is 13.7. The fourth-order valence-corrected chi connectivity index (χ4v) is 5.58. The van der Waals surface area contributed by atoms with Gasteiger partial charge in [0.15, 0.2) is 5.13 Å². The number of thiazole rings is 1. The van der Waals surface area contributed by atoms with E-state index in [0.717, 1.165) is 10.3 Å². The van der Waals surface area contributed by atoms with Gasteiger partial charge >= 0.3 is 5.91 Å². The van der Waals surface area contributed by atoms with E-state index in [1.54, 1.807) is 42.5 Å². The number of aryl methyl sites for hydroxylation is 1. The summed E-state index contributed by atoms with van der Waals surface area (Å²) in [5.74, 6) is -1.27. The smallest absolute Gasteiger partial charge is 0.301 e. The van der Waals surface area contributed by atoms with Crippen molar-refractivity contribution in [3.63, 3.8) is 0 Å². The Morgan fingerprint density at radius 3 is 2.50 bits per heavy atom. The van der Waals surface area contributed by atoms with Gasteiger partial charge in [0.05, 0.1) is 38.5 Å². The number of carbonyl (C=O) groups excluding carboxylic acids is 2. The van der Waals surface area contributed by atoms with Crippen LogP contribution in [0.25, 0.3) is 16.0 Å². The number of ether oxygens (including phenoxy) is 1. The van der Waals surface area contributed by atoms with Gasteiger partial charge in [-0.1, -0.05) is 46.7 Å². The van der Waals surface area contributed by atoms with Gasteiger partial charge in [-0.3, -0.25) is 14.5 Å². The lowest BCUT2D eigenvalue weighted by Crippen LogP contribution is -2.29. The molecular weight excluding hydrogens is 519 g/mol. The molecule has 1 amide bonds. The van der Waals surface area contributed by atoms with Crippen LogP contribution in [0.15, 0.2) is 66.2 Å². The van der Waals surface area contributed by atoms with Crippen LogP contribution in [0, 0.1) is 6.92 Å². The molecular formula is C27H20Cl2N2O4S. The third kappa shape index (κ3) is 4.23. The number of amides is 1. The monoisotopic (exact) mass is 538 g/mol. The van der Waals surface area contributed by atoms with Crippen LogP contribution >= 0.6 is 34.5 Å². The van der Waals surface area contributed by atoms with Gasteiger partial charge in [0.1, 0.15) is 11.5 Å². The average molecular weight is 539 g/mol. The molecule has 1 aliphatic heterocycles. The maximum atomic E-state index is 13.4. The molecule has 1 unspecified atom stereocenters. The molecule has 0 aliphatic carbocycles. The van der Waals surface area contributed by atoms with E-state index >= 15 is 0 Å². The number of ketones is 1. The first-order chi connectivity index (χ1) is 17.3. The number of benzene rings is 3. The normalized spacial score (nSPS) is 17.2. The molecule has 2 heterocycles. The number of carbonyl (C=O) groups is 2. The standard InChI is InChI=1S/C27H20Cl2N2O4S/c1-3-35-17-8-5-15(6-9-17)24(32)22-23(16-7-10-18(28)19(29)13-16)31(26(34)25(22)33)27-30-20-11-4-14(2)12-21(20)36-27/h4-13,23,32H,3H2,1-2H3. The molecule has 1 aliphatic rings. The average Bonchev–Trinajstić information content (AvgIpc) is 3.39. The number of hydrogen-bond acceptors (Lipinski definition) is 6. The molecule has 1 aromatic heterocycles. The van der Waals surface area contributed by atoms with Crippen LogP contribution in [0.2, 0.25) is 10.0 Å². The SMILES string of the molecule is CCOc1ccc(C(O)=C2C(=O)C(=O)N(c3nc4ccc(C)cc4s3)C2c2ccc(Cl)c(Cl)c2)cc1. The Labute approximate surface area is 221 Å². The Morgan fingerprint density at radius 2 is 1.81 bits per heavy atom. The minimum Gasteiger partial charge on any atom is -0.507 e. The number of fused-ring (bicyclic) bond motifs is 1. The molecule has 0 saturated carbocycles. The molecule has 1 saturated heterocycles. The van der Waals surface area contributed by atoms with E-state index in [2.05, 4.69) is 4.98 Å². The molecule has 4 aromatic rings. The maximum Gasteiger partial charge on any atom is 0.301 e. The number of Topliss-reactive ketones (excluding diaryl/α,β-unsaturated/α-hetero) is 1. The van der Waals surface area contributed by atoms with Gasteiger partial charge in [0.2, 0.25) is 0 Å². The quantitative estimate of drug-likeness (QED) is 0.169. The number of nitrogens with zero attached hydrogens (tertiary/aromatic N) is 2. The van der Waals surface area contributed by atoms with Crippen LogP contribution in [-0.2, 0) is 9.59 Å². The van der Waals surface area contributed by atoms with Gasteiger partial charge in [-0.15, -0.1) is 0 Å². The predicted octanol–water partition coefficient (Wildman–Crippen LogP) is 6.94. The molecule has 1 fully saturated rings. The summed E-state index contributed by atoms with van der Waals surface area (Å²) in [6.45, 7) is 4.34. The van der Waals surface area contributed by atoms with Gasteiger partial charge in [-0.25, -0.2) is 4.98 Å². The highest BCUT2D eigenvalue weighted by Gasteiger charge is 2.48. The molecule has 0 bridgehead atoms. The van der Waals surface area contributed by atoms with Gasteiger partial charge in [-0.05, 0) is 73.5 Å². The van der Waals surface area contributed by atoms with Crippen LogP contribution in [0.3, 0.4) is 0 Å². The third-order valence-electron chi connectivity index (χ3n) is 5.88. The first kappa shape index (κ1) is 24.3. The lowest BCUT2D eigenvalue weighted by Gasteiger charge is -2.23. The van der Waals surface area contributed by atoms with Crippen LogP contribution in [0.1, 0.15) is 29.7 Å². The number of aromatic nitrogens is 1. The molecule has 0 radical (unpaired) electrons. The number of aliphatic hydroxyl groups excluding tert-OH is 1. The second kappa shape index (κ2) is 9.58. The predicted molar refractivity (Wildman–Crippen MR) is 143 cm³/mol. The van der Waals surface area contributed by atoms with E-state index in [-0.39, 0.29) is 16.4 Å². The lowest BCUT2D eigenvalue weighted by atomic mass is 9.95. The summed E-state index contributed by atoms with van der Waals surface area (Å²) in [7, 11) is 0. The van der Waals surface area contributed by atoms with Crippen molar-refractivity contribution in [3.8, 4) is 5.75 Å². The molecule has 6 nitrogen and oxygen atoms in total. The van der Waals surface area contributed by atoms with Crippen LogP contribution in [-0.4, -0.2) is 28.4 Å². The van der Waals surface area contributed by atoms with E-state index in [9.17, 15) is 14.7 Å². The number of hydrogen-bond donors (Lipinski definition) is 1. The lowest BCUT2D eigenvalue weighted by molar-refractivity contribution is -0.132. The zero-order chi connectivity index (χ0) is 25.6. The van der Waals surface area contributed by atoms with Crippen LogP contribution in [0.4, 0.5) is 5.13 Å². The first-order valence-electron chi connectivity index (χ1n) is 11.1. The molecule has 9 heteroatoms. The molecule has 1 N–H and O–H groups in total. The zero-order valence-electron chi connectivity index (χ0n) is 19.3. The van der Waals surface area contributed by atoms with Crippen molar-refractivity contribution in [2.24, 2.45) is 0 Å². The summed E-state index contributed by atoms with van der Waals surface area (Å²) in [4.78, 5) is 32.7. The Hall–Kier alpha value is -3.39. The largest absolute Gasteiger partial charge is 0.507 e. The summed E-state index contributed by atoms with van der Waals surface area (Å²) in [6.07, 6.45) is 0. The highest BCUT2D eigenvalue weighted by Crippen LogP contribution is 2.45. The van der Waals surface area contributed by atoms with Gasteiger partial charge in [0, 0.05) is 5.56 Å². The fourth-order valence-electron chi connectivity index (χ4n) is 4.18. The molecule has 182 valence electrons. The van der Waals surface area contributed by atoms with Gasteiger partial charge in [-0.2, -0.15) is 0 Å². The summed E-state index contributed by atoms with van der Waals surface area (Å²) in [6, 6.07) is 16.4. The minimum absolute atomic E-state index is 0.0574. The van der Waals surface area contributed by atoms with E-state index in [0.29, 0.717) is 39.2 Å². The third-order valence-corrected chi connectivity index (χ3v) is 7.64. The van der Waals surface area contributed by atoms with Crippen molar-refractivity contribution >= 4 is 67.3 Å². The highest BCUT2D eigenvalue weighted by molar-refractivity contribution is 7.22. The van der Waals surface area contributed by atoms with Crippen LogP contribution < -0.4 is 9.64 Å². The molecule has 5 rings (SSSR count). The van der Waals surface area contributed by atoms with E-state index in [1.165, 1.54) is 16.2 Å². The maximum absolute atomic E-state index is 13.4. The van der Waals surface area contributed by atoms with E-state index in [4.69, 9.17) is 27.9 Å². The molecule has 1 atom stereocenters. The zero-order valence-corrected chi connectivity index (χ0v) is 21.6. The Kier molecular flexibility index (Phi) is 6.47. The Balaban J connectivity index is 1.70. The van der Waals surface area contributed by atoms with Crippen molar-refractivity contribution in [2.75, 3.05) is 11.5 Å². The van der Waals surface area contributed by atoms with Gasteiger partial charge < -0.3 is 9.84 Å². The van der Waals surface area contributed by atoms with Crippen molar-refractivity contribution in [1.29, 1.82) is 0 Å². The topological polar surface area (TPSA) is 79.7 Å². The summed E-state index contributed by atoms with van der Waals surface area (Å²) < 4.78 is 6.35. The Morgan fingerprint density at radius 1 is 1.06 bits per heavy atom. The fraction of sp³-hybridized carbons (Fsp3) is 0.148. The summed E-state index contributed by atoms with van der Waals surface area (Å²) in [5, 5.41) is 12.2. The van der Waals surface area contributed by atoms with Crippen molar-refractivity contribution in [1.82, 2.24) is 4.98 Å². The van der Waals surface area contributed by atoms with E-state index in [1.807, 2.05) is 32.0 Å². The van der Waals surface area contributed by atoms with Crippen molar-refractivity contribution < 1.29 is 19.4 Å². The van der Waals surface area contributed by atoms with Crippen molar-refractivity contribution in [2.45, 2.75) is 19.9 Å². The number of aliphatic hydroxyl groups is 1. The molecule has 36 heavy (non-hydrogen) atoms. The summed E-state index contributed by atoms with van der Waals surface area (Å²) in [5.41, 5.74) is 2.60. The number of rotatable bonds is 5. The number of anilines is 1. The Bertz CT molecular complexity index is 1550. The second-order valence-electron chi connectivity index (χ2n) is 8.27. The van der Waals surface area contributed by atoms with Crippen LogP contribution in [0.5, 0.6) is 5.75 Å². The molecule has 3 aromatic carbocycles.